The molecular formula is C13H16BrClN2O2. The molecule has 1 aromatic heterocycles. The molecule has 0 atom stereocenters. The highest BCUT2D eigenvalue weighted by Gasteiger charge is 2.16. The topological polar surface area (TPSA) is 68.3 Å². The number of hydrogen-bond donors (Lipinski definition) is 2. The van der Waals surface area contributed by atoms with Gasteiger partial charge in [0, 0.05) is 21.9 Å². The Labute approximate surface area is 126 Å². The quantitative estimate of drug-likeness (QED) is 0.896. The van der Waals surface area contributed by atoms with E-state index in [1.165, 1.54) is 0 Å². The fourth-order valence-corrected chi connectivity index (χ4v) is 1.90. The van der Waals surface area contributed by atoms with Gasteiger partial charge in [-0.1, -0.05) is 15.9 Å². The summed E-state index contributed by atoms with van der Waals surface area (Å²) in [7, 11) is 0. The summed E-state index contributed by atoms with van der Waals surface area (Å²) in [4.78, 5) is 11.9. The normalized spacial score (nSPS) is 11.2. The van der Waals surface area contributed by atoms with Crippen LogP contribution in [0.2, 0.25) is 0 Å². The van der Waals surface area contributed by atoms with Gasteiger partial charge in [-0.25, -0.2) is 0 Å². The van der Waals surface area contributed by atoms with Crippen LogP contribution in [0.3, 0.4) is 0 Å². The van der Waals surface area contributed by atoms with Gasteiger partial charge >= 0.3 is 0 Å². The van der Waals surface area contributed by atoms with E-state index >= 15 is 0 Å². The molecule has 0 saturated heterocycles. The Morgan fingerprint density at radius 1 is 1.42 bits per heavy atom. The van der Waals surface area contributed by atoms with Gasteiger partial charge in [0.25, 0.3) is 5.91 Å². The molecule has 0 fully saturated rings. The van der Waals surface area contributed by atoms with E-state index in [0.717, 1.165) is 9.86 Å². The maximum atomic E-state index is 11.9. The van der Waals surface area contributed by atoms with Crippen molar-refractivity contribution >= 4 is 45.2 Å². The summed E-state index contributed by atoms with van der Waals surface area (Å²) in [6, 6.07) is 7.32. The maximum Gasteiger partial charge on any atom is 0.287 e. The molecule has 0 spiro atoms. The first-order chi connectivity index (χ1) is 8.35. The molecule has 3 N–H and O–H groups in total. The second kappa shape index (κ2) is 5.94. The summed E-state index contributed by atoms with van der Waals surface area (Å²) >= 11 is 3.38. The molecule has 4 nitrogen and oxygen atoms in total. The Balaban J connectivity index is 0.00000180. The number of rotatable bonds is 3. The first-order valence-corrected chi connectivity index (χ1v) is 6.41. The summed E-state index contributed by atoms with van der Waals surface area (Å²) in [5, 5.41) is 3.64. The minimum atomic E-state index is -0.440. The zero-order chi connectivity index (χ0) is 13.3. The second-order valence-corrected chi connectivity index (χ2v) is 5.88. The van der Waals surface area contributed by atoms with Gasteiger partial charge < -0.3 is 15.5 Å². The first kappa shape index (κ1) is 16.0. The third kappa shape index (κ3) is 4.23. The van der Waals surface area contributed by atoms with Gasteiger partial charge in [0.15, 0.2) is 5.76 Å². The van der Waals surface area contributed by atoms with Crippen molar-refractivity contribution in [2.24, 2.45) is 5.73 Å². The van der Waals surface area contributed by atoms with Crippen LogP contribution in [0.5, 0.6) is 0 Å². The van der Waals surface area contributed by atoms with Gasteiger partial charge in [0.05, 0.1) is 0 Å². The van der Waals surface area contributed by atoms with Crippen molar-refractivity contribution in [3.05, 3.63) is 34.5 Å². The largest absolute Gasteiger partial charge is 0.451 e. The minimum absolute atomic E-state index is 0. The van der Waals surface area contributed by atoms with E-state index in [2.05, 4.69) is 21.2 Å². The van der Waals surface area contributed by atoms with E-state index in [4.69, 9.17) is 10.2 Å². The standard InChI is InChI=1S/C13H15BrN2O2.ClH/c1-13(2,15)7-16-12(17)11-6-8-5-9(14)3-4-10(8)18-11;/h3-6H,7,15H2,1-2H3,(H,16,17);1H. The van der Waals surface area contributed by atoms with Crippen LogP contribution in [0.25, 0.3) is 11.0 Å². The number of carbonyl (C=O) groups excluding carboxylic acids is 1. The van der Waals surface area contributed by atoms with Crippen molar-refractivity contribution in [2.45, 2.75) is 19.4 Å². The molecule has 0 aliphatic heterocycles. The van der Waals surface area contributed by atoms with E-state index in [0.29, 0.717) is 17.9 Å². The number of nitrogens with two attached hydrogens (primary N) is 1. The fourth-order valence-electron chi connectivity index (χ4n) is 1.52. The molecule has 6 heteroatoms. The van der Waals surface area contributed by atoms with Crippen LogP contribution in [0, 0.1) is 0 Å². The number of halogens is 2. The number of carbonyl (C=O) groups is 1. The Kier molecular flexibility index (Phi) is 5.01. The van der Waals surface area contributed by atoms with Crippen LogP contribution in [-0.2, 0) is 0 Å². The Morgan fingerprint density at radius 2 is 2.11 bits per heavy atom. The molecule has 0 radical (unpaired) electrons. The molecule has 1 amide bonds. The lowest BCUT2D eigenvalue weighted by Gasteiger charge is -2.18. The lowest BCUT2D eigenvalue weighted by Crippen LogP contribution is -2.45. The van der Waals surface area contributed by atoms with Gasteiger partial charge in [-0.3, -0.25) is 4.79 Å². The lowest BCUT2D eigenvalue weighted by atomic mass is 10.1. The van der Waals surface area contributed by atoms with Crippen LogP contribution >= 0.6 is 28.3 Å². The molecule has 1 aromatic carbocycles. The van der Waals surface area contributed by atoms with Crippen molar-refractivity contribution in [1.29, 1.82) is 0 Å². The maximum absolute atomic E-state index is 11.9. The number of furan rings is 1. The highest BCUT2D eigenvalue weighted by molar-refractivity contribution is 9.10. The van der Waals surface area contributed by atoms with E-state index in [-0.39, 0.29) is 18.3 Å². The van der Waals surface area contributed by atoms with Gasteiger partial charge in [-0.2, -0.15) is 0 Å². The Bertz CT molecular complexity index is 590. The highest BCUT2D eigenvalue weighted by atomic mass is 79.9. The van der Waals surface area contributed by atoms with E-state index in [9.17, 15) is 4.79 Å². The average molecular weight is 348 g/mol. The number of amides is 1. The number of nitrogens with one attached hydrogen (secondary N) is 1. The molecule has 2 aromatic rings. The van der Waals surface area contributed by atoms with Gasteiger partial charge in [-0.05, 0) is 38.1 Å². The zero-order valence-corrected chi connectivity index (χ0v) is 13.1. The molecular weight excluding hydrogens is 332 g/mol. The SMILES string of the molecule is CC(C)(N)CNC(=O)c1cc2cc(Br)ccc2o1.Cl. The van der Waals surface area contributed by atoms with Crippen LogP contribution in [0.4, 0.5) is 0 Å². The molecule has 0 unspecified atom stereocenters. The van der Waals surface area contributed by atoms with Crippen LogP contribution in [-0.4, -0.2) is 18.0 Å². The van der Waals surface area contributed by atoms with Crippen molar-refractivity contribution in [2.75, 3.05) is 6.54 Å². The van der Waals surface area contributed by atoms with Gasteiger partial charge in [0.1, 0.15) is 5.58 Å². The van der Waals surface area contributed by atoms with Gasteiger partial charge in [0.2, 0.25) is 0 Å². The van der Waals surface area contributed by atoms with Crippen molar-refractivity contribution in [3.8, 4) is 0 Å². The summed E-state index contributed by atoms with van der Waals surface area (Å²) in [5.74, 6) is 0.0493. The van der Waals surface area contributed by atoms with E-state index in [1.54, 1.807) is 6.07 Å². The monoisotopic (exact) mass is 346 g/mol. The predicted octanol–water partition coefficient (Wildman–Crippen LogP) is 3.08. The first-order valence-electron chi connectivity index (χ1n) is 5.61. The van der Waals surface area contributed by atoms with Crippen LogP contribution in [0.15, 0.2) is 33.2 Å². The molecule has 2 rings (SSSR count). The van der Waals surface area contributed by atoms with E-state index < -0.39 is 5.54 Å². The second-order valence-electron chi connectivity index (χ2n) is 4.96. The molecule has 104 valence electrons. The smallest absolute Gasteiger partial charge is 0.287 e. The third-order valence-electron chi connectivity index (χ3n) is 2.41. The number of fused-ring (bicyclic) bond motifs is 1. The average Bonchev–Trinajstić information content (AvgIpc) is 2.67. The van der Waals surface area contributed by atoms with Crippen LogP contribution in [0.1, 0.15) is 24.4 Å². The molecule has 0 aliphatic carbocycles. The van der Waals surface area contributed by atoms with Crippen molar-refractivity contribution < 1.29 is 9.21 Å². The number of benzene rings is 1. The summed E-state index contributed by atoms with van der Waals surface area (Å²) < 4.78 is 6.43. The minimum Gasteiger partial charge on any atom is -0.451 e. The molecule has 0 saturated carbocycles. The van der Waals surface area contributed by atoms with Crippen LogP contribution < -0.4 is 11.1 Å². The fraction of sp³-hybridized carbons (Fsp3) is 0.308. The highest BCUT2D eigenvalue weighted by Crippen LogP contribution is 2.23. The zero-order valence-electron chi connectivity index (χ0n) is 10.7. The summed E-state index contributed by atoms with van der Waals surface area (Å²) in [5.41, 5.74) is 6.06. The van der Waals surface area contributed by atoms with Crippen molar-refractivity contribution in [3.63, 3.8) is 0 Å². The number of hydrogen-bond acceptors (Lipinski definition) is 3. The lowest BCUT2D eigenvalue weighted by molar-refractivity contribution is 0.0920. The predicted molar refractivity (Wildman–Crippen MR) is 81.8 cm³/mol. The third-order valence-corrected chi connectivity index (χ3v) is 2.90. The van der Waals surface area contributed by atoms with Crippen molar-refractivity contribution in [1.82, 2.24) is 5.32 Å². The Hall–Kier alpha value is -1.04. The Morgan fingerprint density at radius 3 is 2.74 bits per heavy atom. The van der Waals surface area contributed by atoms with Gasteiger partial charge in [-0.15, -0.1) is 12.4 Å². The molecule has 0 aliphatic rings. The molecule has 19 heavy (non-hydrogen) atoms. The molecule has 0 bridgehead atoms. The summed E-state index contributed by atoms with van der Waals surface area (Å²) in [6.07, 6.45) is 0. The summed E-state index contributed by atoms with van der Waals surface area (Å²) in [6.45, 7) is 4.10. The molecule has 1 heterocycles. The van der Waals surface area contributed by atoms with E-state index in [1.807, 2.05) is 32.0 Å².